The molecule has 0 saturated carbocycles. The topological polar surface area (TPSA) is 89.3 Å². The number of rotatable bonds is 2. The maximum Gasteiger partial charge on any atom is 0.194 e. The van der Waals surface area contributed by atoms with Gasteiger partial charge in [-0.25, -0.2) is 4.98 Å². The van der Waals surface area contributed by atoms with Gasteiger partial charge in [0, 0.05) is 12.4 Å². The van der Waals surface area contributed by atoms with Crippen molar-refractivity contribution in [2.45, 2.75) is 19.1 Å². The fourth-order valence-electron chi connectivity index (χ4n) is 1.26. The van der Waals surface area contributed by atoms with Gasteiger partial charge in [0.15, 0.2) is 16.1 Å². The second-order valence-corrected chi connectivity index (χ2v) is 3.99. The molecule has 2 aromatic heterocycles. The van der Waals surface area contributed by atoms with Crippen LogP contribution in [0.25, 0.3) is 5.65 Å². The Kier molecular flexibility index (Phi) is 2.68. The lowest BCUT2D eigenvalue weighted by atomic mass is 10.2. The molecule has 0 radical (unpaired) electrons. The lowest BCUT2D eigenvalue weighted by Gasteiger charge is -2.12. The van der Waals surface area contributed by atoms with E-state index in [4.69, 9.17) is 5.73 Å². The highest BCUT2D eigenvalue weighted by atomic mass is 79.9. The zero-order valence-electron chi connectivity index (χ0n) is 8.00. The van der Waals surface area contributed by atoms with Gasteiger partial charge in [-0.1, -0.05) is 0 Å². The lowest BCUT2D eigenvalue weighted by molar-refractivity contribution is 0.160. The van der Waals surface area contributed by atoms with E-state index in [9.17, 15) is 5.11 Å². The van der Waals surface area contributed by atoms with E-state index in [0.29, 0.717) is 16.1 Å². The van der Waals surface area contributed by atoms with Gasteiger partial charge in [0.1, 0.15) is 0 Å². The van der Waals surface area contributed by atoms with Gasteiger partial charge in [-0.15, -0.1) is 10.2 Å². The molecule has 15 heavy (non-hydrogen) atoms. The Balaban J connectivity index is 2.59. The molecule has 0 aromatic carbocycles. The fourth-order valence-corrected chi connectivity index (χ4v) is 1.65. The summed E-state index contributed by atoms with van der Waals surface area (Å²) in [5.74, 6) is 0.517. The number of aliphatic hydroxyl groups excluding tert-OH is 1. The Bertz CT molecular complexity index is 483. The number of nitrogens with two attached hydrogens (primary N) is 1. The van der Waals surface area contributed by atoms with Crippen molar-refractivity contribution in [3.63, 3.8) is 0 Å². The van der Waals surface area contributed by atoms with Crippen molar-refractivity contribution in [2.75, 3.05) is 0 Å². The van der Waals surface area contributed by atoms with Crippen molar-refractivity contribution in [1.29, 1.82) is 0 Å². The van der Waals surface area contributed by atoms with Gasteiger partial charge in [-0.05, 0) is 22.9 Å². The second-order valence-electron chi connectivity index (χ2n) is 3.24. The molecule has 2 aromatic rings. The number of hydrogen-bond donors (Lipinski definition) is 2. The third kappa shape index (κ3) is 1.73. The van der Waals surface area contributed by atoms with Crippen molar-refractivity contribution < 1.29 is 5.11 Å². The lowest BCUT2D eigenvalue weighted by Crippen LogP contribution is -2.25. The number of hydrogen-bond acceptors (Lipinski definition) is 5. The number of halogens is 1. The Morgan fingerprint density at radius 2 is 2.27 bits per heavy atom. The van der Waals surface area contributed by atoms with Crippen LogP contribution >= 0.6 is 15.9 Å². The molecule has 0 fully saturated rings. The Labute approximate surface area is 94.3 Å². The number of fused-ring (bicyclic) bond motifs is 1. The van der Waals surface area contributed by atoms with Crippen LogP contribution in [0.4, 0.5) is 0 Å². The molecule has 0 amide bonds. The average molecular weight is 272 g/mol. The molecular weight excluding hydrogens is 262 g/mol. The average Bonchev–Trinajstić information content (AvgIpc) is 2.61. The smallest absolute Gasteiger partial charge is 0.194 e. The normalized spacial score (nSPS) is 15.5. The quantitative estimate of drug-likeness (QED) is 0.819. The van der Waals surface area contributed by atoms with Gasteiger partial charge < -0.3 is 10.8 Å². The van der Waals surface area contributed by atoms with Gasteiger partial charge in [0.2, 0.25) is 0 Å². The Hall–Kier alpha value is -1.05. The Morgan fingerprint density at radius 1 is 1.53 bits per heavy atom. The van der Waals surface area contributed by atoms with Gasteiger partial charge in [-0.3, -0.25) is 4.40 Å². The highest BCUT2D eigenvalue weighted by molar-refractivity contribution is 9.10. The molecule has 6 nitrogen and oxygen atoms in total. The highest BCUT2D eigenvalue weighted by Gasteiger charge is 2.19. The van der Waals surface area contributed by atoms with E-state index < -0.39 is 12.1 Å². The molecule has 0 aliphatic rings. The third-order valence-electron chi connectivity index (χ3n) is 2.13. The first-order chi connectivity index (χ1) is 7.11. The first kappa shape index (κ1) is 10.5. The standard InChI is InChI=1S/C8H10BrN5O/c1-4(15)5(10)7-12-13-8-6(9)11-2-3-14(7)8/h2-5,15H,10H2,1H3. The molecule has 0 aliphatic heterocycles. The predicted octanol–water partition coefficient (Wildman–Crippen LogP) is 0.267. The molecule has 80 valence electrons. The van der Waals surface area contributed by atoms with Crippen LogP contribution in [-0.4, -0.2) is 30.8 Å². The monoisotopic (exact) mass is 271 g/mol. The molecule has 2 heterocycles. The summed E-state index contributed by atoms with van der Waals surface area (Å²) in [5, 5.41) is 17.3. The fraction of sp³-hybridized carbons (Fsp3) is 0.375. The zero-order chi connectivity index (χ0) is 11.0. The van der Waals surface area contributed by atoms with E-state index in [1.807, 2.05) is 0 Å². The summed E-state index contributed by atoms with van der Waals surface area (Å²) in [5.41, 5.74) is 6.38. The number of nitrogens with zero attached hydrogens (tertiary/aromatic N) is 4. The van der Waals surface area contributed by atoms with Crippen LogP contribution in [0, 0.1) is 0 Å². The van der Waals surface area contributed by atoms with E-state index in [-0.39, 0.29) is 0 Å². The molecule has 7 heteroatoms. The van der Waals surface area contributed by atoms with Crippen LogP contribution in [0.2, 0.25) is 0 Å². The maximum absolute atomic E-state index is 9.39. The number of aromatic nitrogens is 4. The zero-order valence-corrected chi connectivity index (χ0v) is 9.59. The minimum absolute atomic E-state index is 0.517. The molecule has 0 spiro atoms. The third-order valence-corrected chi connectivity index (χ3v) is 2.69. The summed E-state index contributed by atoms with van der Waals surface area (Å²) in [7, 11) is 0. The van der Waals surface area contributed by atoms with Crippen LogP contribution in [0.15, 0.2) is 17.0 Å². The van der Waals surface area contributed by atoms with E-state index in [2.05, 4.69) is 31.1 Å². The summed E-state index contributed by atoms with van der Waals surface area (Å²) in [4.78, 5) is 4.01. The van der Waals surface area contributed by atoms with Crippen LogP contribution in [-0.2, 0) is 0 Å². The predicted molar refractivity (Wildman–Crippen MR) is 57.1 cm³/mol. The van der Waals surface area contributed by atoms with Crippen molar-refractivity contribution in [1.82, 2.24) is 19.6 Å². The first-order valence-corrected chi connectivity index (χ1v) is 5.19. The summed E-state index contributed by atoms with van der Waals surface area (Å²) in [6.45, 7) is 1.61. The Morgan fingerprint density at radius 3 is 2.93 bits per heavy atom. The summed E-state index contributed by atoms with van der Waals surface area (Å²) < 4.78 is 2.30. The minimum atomic E-state index is -0.677. The van der Waals surface area contributed by atoms with Gasteiger partial charge in [-0.2, -0.15) is 0 Å². The van der Waals surface area contributed by atoms with E-state index in [1.165, 1.54) is 0 Å². The summed E-state index contributed by atoms with van der Waals surface area (Å²) in [6, 6.07) is -0.561. The van der Waals surface area contributed by atoms with E-state index >= 15 is 0 Å². The molecule has 2 atom stereocenters. The SMILES string of the molecule is CC(O)C(N)c1nnc2c(Br)nccn12. The first-order valence-electron chi connectivity index (χ1n) is 4.40. The molecule has 0 aliphatic carbocycles. The largest absolute Gasteiger partial charge is 0.391 e. The number of aliphatic hydroxyl groups is 1. The van der Waals surface area contributed by atoms with Gasteiger partial charge in [0.05, 0.1) is 12.1 Å². The van der Waals surface area contributed by atoms with E-state index in [0.717, 1.165) is 0 Å². The van der Waals surface area contributed by atoms with Crippen LogP contribution in [0.3, 0.4) is 0 Å². The molecule has 0 bridgehead atoms. The van der Waals surface area contributed by atoms with E-state index in [1.54, 1.807) is 23.7 Å². The molecule has 3 N–H and O–H groups in total. The summed E-state index contributed by atoms with van der Waals surface area (Å²) >= 11 is 3.26. The van der Waals surface area contributed by atoms with Crippen molar-refractivity contribution in [2.24, 2.45) is 5.73 Å². The van der Waals surface area contributed by atoms with Crippen molar-refractivity contribution in [3.05, 3.63) is 22.8 Å². The molecule has 2 unspecified atom stereocenters. The van der Waals surface area contributed by atoms with Gasteiger partial charge in [0.25, 0.3) is 0 Å². The maximum atomic E-state index is 9.39. The van der Waals surface area contributed by atoms with Crippen LogP contribution < -0.4 is 5.73 Å². The second kappa shape index (κ2) is 3.84. The van der Waals surface area contributed by atoms with Gasteiger partial charge >= 0.3 is 0 Å². The minimum Gasteiger partial charge on any atom is -0.391 e. The molecule has 0 saturated heterocycles. The summed E-state index contributed by atoms with van der Waals surface area (Å²) in [6.07, 6.45) is 2.64. The highest BCUT2D eigenvalue weighted by Crippen LogP contribution is 2.17. The van der Waals surface area contributed by atoms with Crippen molar-refractivity contribution in [3.8, 4) is 0 Å². The van der Waals surface area contributed by atoms with Crippen molar-refractivity contribution >= 4 is 21.6 Å². The molecular formula is C8H10BrN5O. The molecule has 2 rings (SSSR count). The van der Waals surface area contributed by atoms with Crippen LogP contribution in [0.5, 0.6) is 0 Å². The van der Waals surface area contributed by atoms with Crippen LogP contribution in [0.1, 0.15) is 18.8 Å².